The van der Waals surface area contributed by atoms with Crippen LogP contribution >= 0.6 is 27.5 Å². The largest absolute Gasteiger partial charge is 0.236 e. The molecule has 0 bridgehead atoms. The van der Waals surface area contributed by atoms with Gasteiger partial charge in [-0.05, 0) is 59.9 Å². The molecule has 1 aromatic rings. The summed E-state index contributed by atoms with van der Waals surface area (Å²) in [6, 6.07) is 0. The summed E-state index contributed by atoms with van der Waals surface area (Å²) in [5, 5.41) is 0.575. The Bertz CT molecular complexity index is 468. The van der Waals surface area contributed by atoms with E-state index in [4.69, 9.17) is 16.6 Å². The molecular formula is C17H26BrClN2. The van der Waals surface area contributed by atoms with E-state index in [1.165, 1.54) is 38.5 Å². The third-order valence-corrected chi connectivity index (χ3v) is 5.74. The third-order valence-electron chi connectivity index (χ3n) is 4.41. The maximum absolute atomic E-state index is 6.30. The van der Waals surface area contributed by atoms with Gasteiger partial charge in [-0.3, -0.25) is 0 Å². The smallest absolute Gasteiger partial charge is 0.147 e. The van der Waals surface area contributed by atoms with Gasteiger partial charge in [0.2, 0.25) is 0 Å². The molecule has 0 aliphatic heterocycles. The van der Waals surface area contributed by atoms with Crippen molar-refractivity contribution in [2.24, 2.45) is 11.8 Å². The number of aromatic nitrogens is 2. The fraction of sp³-hybridized carbons (Fsp3) is 0.765. The normalized spacial score (nSPS) is 22.8. The zero-order valence-corrected chi connectivity index (χ0v) is 15.7. The van der Waals surface area contributed by atoms with E-state index in [-0.39, 0.29) is 0 Å². The summed E-state index contributed by atoms with van der Waals surface area (Å²) in [6.45, 7) is 6.69. The molecule has 0 amide bonds. The Morgan fingerprint density at radius 3 is 2.43 bits per heavy atom. The van der Waals surface area contributed by atoms with Crippen molar-refractivity contribution in [2.75, 3.05) is 0 Å². The van der Waals surface area contributed by atoms with Crippen LogP contribution in [0.2, 0.25) is 5.15 Å². The van der Waals surface area contributed by atoms with Crippen LogP contribution in [0.1, 0.15) is 76.7 Å². The Hall–Kier alpha value is -0.150. The minimum Gasteiger partial charge on any atom is -0.236 e. The molecule has 1 aliphatic rings. The van der Waals surface area contributed by atoms with E-state index >= 15 is 0 Å². The summed E-state index contributed by atoms with van der Waals surface area (Å²) >= 11 is 9.84. The SMILES string of the molecule is CCCC1CCC(c2nc(Cl)c(Br)c(CC(C)C)n2)CC1. The average Bonchev–Trinajstić information content (AvgIpc) is 2.44. The van der Waals surface area contributed by atoms with Crippen molar-refractivity contribution >= 4 is 27.5 Å². The van der Waals surface area contributed by atoms with Crippen molar-refractivity contribution in [3.05, 3.63) is 21.1 Å². The standard InChI is InChI=1S/C17H26BrClN2/c1-4-5-12-6-8-13(9-7-12)17-20-14(10-11(2)3)15(18)16(19)21-17/h11-13H,4-10H2,1-3H3. The lowest BCUT2D eigenvalue weighted by atomic mass is 9.80. The van der Waals surface area contributed by atoms with Crippen molar-refractivity contribution in [3.63, 3.8) is 0 Å². The maximum Gasteiger partial charge on any atom is 0.147 e. The van der Waals surface area contributed by atoms with Crippen LogP contribution in [-0.2, 0) is 6.42 Å². The number of rotatable bonds is 5. The van der Waals surface area contributed by atoms with Gasteiger partial charge in [-0.25, -0.2) is 9.97 Å². The van der Waals surface area contributed by atoms with Gasteiger partial charge in [0.25, 0.3) is 0 Å². The summed E-state index contributed by atoms with van der Waals surface area (Å²) in [4.78, 5) is 9.37. The van der Waals surface area contributed by atoms with Gasteiger partial charge in [0.15, 0.2) is 0 Å². The van der Waals surface area contributed by atoms with Gasteiger partial charge >= 0.3 is 0 Å². The molecular weight excluding hydrogens is 348 g/mol. The summed E-state index contributed by atoms with van der Waals surface area (Å²) in [5.41, 5.74) is 1.07. The highest BCUT2D eigenvalue weighted by molar-refractivity contribution is 9.10. The Labute approximate surface area is 142 Å². The van der Waals surface area contributed by atoms with Gasteiger partial charge < -0.3 is 0 Å². The molecule has 0 atom stereocenters. The van der Waals surface area contributed by atoms with Gasteiger partial charge in [-0.15, -0.1) is 0 Å². The lowest BCUT2D eigenvalue weighted by Crippen LogP contribution is -2.16. The van der Waals surface area contributed by atoms with E-state index in [2.05, 4.69) is 41.7 Å². The molecule has 1 heterocycles. The molecule has 2 rings (SSSR count). The van der Waals surface area contributed by atoms with Gasteiger partial charge in [-0.2, -0.15) is 0 Å². The summed E-state index contributed by atoms with van der Waals surface area (Å²) in [5.74, 6) is 2.94. The first-order valence-electron chi connectivity index (χ1n) is 8.23. The molecule has 21 heavy (non-hydrogen) atoms. The number of nitrogens with zero attached hydrogens (tertiary/aromatic N) is 2. The zero-order chi connectivity index (χ0) is 15.4. The number of halogens is 2. The molecule has 2 nitrogen and oxygen atoms in total. The van der Waals surface area contributed by atoms with E-state index in [0.29, 0.717) is 17.0 Å². The zero-order valence-electron chi connectivity index (χ0n) is 13.3. The van der Waals surface area contributed by atoms with Gasteiger partial charge in [0.05, 0.1) is 10.2 Å². The quantitative estimate of drug-likeness (QED) is 0.577. The molecule has 118 valence electrons. The Kier molecular flexibility index (Phi) is 6.49. The van der Waals surface area contributed by atoms with Crippen LogP contribution in [0.15, 0.2) is 4.47 Å². The Balaban J connectivity index is 2.12. The molecule has 0 radical (unpaired) electrons. The van der Waals surface area contributed by atoms with Crippen LogP contribution in [0.25, 0.3) is 0 Å². The molecule has 0 N–H and O–H groups in total. The average molecular weight is 374 g/mol. The molecule has 1 fully saturated rings. The number of hydrogen-bond donors (Lipinski definition) is 0. The number of hydrogen-bond acceptors (Lipinski definition) is 2. The molecule has 0 unspecified atom stereocenters. The van der Waals surface area contributed by atoms with Gasteiger partial charge in [-0.1, -0.05) is 45.2 Å². The monoisotopic (exact) mass is 372 g/mol. The lowest BCUT2D eigenvalue weighted by molar-refractivity contribution is 0.302. The first-order valence-corrected chi connectivity index (χ1v) is 9.40. The highest BCUT2D eigenvalue weighted by atomic mass is 79.9. The van der Waals surface area contributed by atoms with Crippen molar-refractivity contribution in [2.45, 2.75) is 71.6 Å². The van der Waals surface area contributed by atoms with Crippen LogP contribution in [0, 0.1) is 11.8 Å². The Morgan fingerprint density at radius 1 is 1.19 bits per heavy atom. The fourth-order valence-electron chi connectivity index (χ4n) is 3.30. The molecule has 4 heteroatoms. The van der Waals surface area contributed by atoms with Crippen molar-refractivity contribution in [3.8, 4) is 0 Å². The van der Waals surface area contributed by atoms with Crippen LogP contribution in [-0.4, -0.2) is 9.97 Å². The summed E-state index contributed by atoms with van der Waals surface area (Å²) in [7, 11) is 0. The second-order valence-electron chi connectivity index (χ2n) is 6.74. The Morgan fingerprint density at radius 2 is 1.86 bits per heavy atom. The second kappa shape index (κ2) is 7.92. The minimum atomic E-state index is 0.495. The minimum absolute atomic E-state index is 0.495. The first kappa shape index (κ1) is 17.2. The predicted molar refractivity (Wildman–Crippen MR) is 92.9 cm³/mol. The molecule has 0 spiro atoms. The van der Waals surface area contributed by atoms with E-state index in [1.54, 1.807) is 0 Å². The highest BCUT2D eigenvalue weighted by Crippen LogP contribution is 2.37. The van der Waals surface area contributed by atoms with Crippen LogP contribution in [0.4, 0.5) is 0 Å². The van der Waals surface area contributed by atoms with Crippen molar-refractivity contribution < 1.29 is 0 Å². The lowest BCUT2D eigenvalue weighted by Gasteiger charge is -2.27. The van der Waals surface area contributed by atoms with E-state index in [0.717, 1.165) is 28.3 Å². The fourth-order valence-corrected chi connectivity index (χ4v) is 3.84. The van der Waals surface area contributed by atoms with E-state index in [9.17, 15) is 0 Å². The summed E-state index contributed by atoms with van der Waals surface area (Å²) in [6.07, 6.45) is 8.67. The van der Waals surface area contributed by atoms with Crippen LogP contribution in [0.5, 0.6) is 0 Å². The molecule has 0 saturated heterocycles. The predicted octanol–water partition coefficient (Wildman–Crippen LogP) is 6.16. The third kappa shape index (κ3) is 4.66. The van der Waals surface area contributed by atoms with Gasteiger partial charge in [0, 0.05) is 5.92 Å². The molecule has 1 saturated carbocycles. The van der Waals surface area contributed by atoms with Crippen molar-refractivity contribution in [1.82, 2.24) is 9.97 Å². The maximum atomic E-state index is 6.30. The van der Waals surface area contributed by atoms with Gasteiger partial charge in [0.1, 0.15) is 11.0 Å². The van der Waals surface area contributed by atoms with Crippen LogP contribution < -0.4 is 0 Å². The first-order chi connectivity index (χ1) is 10.0. The van der Waals surface area contributed by atoms with E-state index in [1.807, 2.05) is 0 Å². The van der Waals surface area contributed by atoms with E-state index < -0.39 is 0 Å². The second-order valence-corrected chi connectivity index (χ2v) is 7.89. The molecule has 0 aromatic carbocycles. The summed E-state index contributed by atoms with van der Waals surface area (Å²) < 4.78 is 0.876. The molecule has 1 aliphatic carbocycles. The van der Waals surface area contributed by atoms with Crippen LogP contribution in [0.3, 0.4) is 0 Å². The highest BCUT2D eigenvalue weighted by Gasteiger charge is 2.25. The topological polar surface area (TPSA) is 25.8 Å². The molecule has 1 aromatic heterocycles. The van der Waals surface area contributed by atoms with Crippen molar-refractivity contribution in [1.29, 1.82) is 0 Å².